The van der Waals surface area contributed by atoms with E-state index >= 15 is 0 Å². The van der Waals surface area contributed by atoms with Gasteiger partial charge in [-0.15, -0.1) is 13.2 Å². The maximum atomic E-state index is 12.4. The summed E-state index contributed by atoms with van der Waals surface area (Å²) in [7, 11) is 1.74. The molecule has 6 heteroatoms. The summed E-state index contributed by atoms with van der Waals surface area (Å²) in [5, 5.41) is 0. The van der Waals surface area contributed by atoms with E-state index < -0.39 is 0 Å². The van der Waals surface area contributed by atoms with Crippen LogP contribution >= 0.6 is 0 Å². The topological polar surface area (TPSA) is 61.8 Å². The van der Waals surface area contributed by atoms with Crippen LogP contribution in [0.15, 0.2) is 40.7 Å². The Hall–Kier alpha value is -2.37. The van der Waals surface area contributed by atoms with Gasteiger partial charge in [0.1, 0.15) is 0 Å². The number of aryl methyl sites for hydroxylation is 2. The zero-order chi connectivity index (χ0) is 14.9. The van der Waals surface area contributed by atoms with Crippen LogP contribution in [-0.2, 0) is 20.1 Å². The van der Waals surface area contributed by atoms with Gasteiger partial charge in [0.15, 0.2) is 11.2 Å². The van der Waals surface area contributed by atoms with Gasteiger partial charge in [0.05, 0.1) is 6.33 Å². The van der Waals surface area contributed by atoms with Crippen LogP contribution in [0.5, 0.6) is 0 Å². The SMILES string of the molecule is C=CCn1c(=O)c2c(ncn2C)n(CCC(=C)C)c1=O. The van der Waals surface area contributed by atoms with E-state index in [1.54, 1.807) is 17.9 Å². The molecule has 0 spiro atoms. The number of imidazole rings is 1. The van der Waals surface area contributed by atoms with Crippen LogP contribution in [0.2, 0.25) is 0 Å². The van der Waals surface area contributed by atoms with Gasteiger partial charge in [-0.05, 0) is 13.3 Å². The summed E-state index contributed by atoms with van der Waals surface area (Å²) in [6.07, 6.45) is 3.74. The molecule has 6 nitrogen and oxygen atoms in total. The van der Waals surface area contributed by atoms with Crippen LogP contribution in [0.3, 0.4) is 0 Å². The van der Waals surface area contributed by atoms with Crippen molar-refractivity contribution in [2.75, 3.05) is 0 Å². The number of rotatable bonds is 5. The highest BCUT2D eigenvalue weighted by Crippen LogP contribution is 2.07. The number of nitrogens with zero attached hydrogens (tertiary/aromatic N) is 4. The second kappa shape index (κ2) is 5.32. The molecule has 0 aliphatic carbocycles. The second-order valence-electron chi connectivity index (χ2n) is 4.87. The van der Waals surface area contributed by atoms with Gasteiger partial charge in [0.25, 0.3) is 5.56 Å². The summed E-state index contributed by atoms with van der Waals surface area (Å²) >= 11 is 0. The molecule has 0 bridgehead atoms. The van der Waals surface area contributed by atoms with Crippen molar-refractivity contribution in [3.05, 3.63) is 52.0 Å². The number of fused-ring (bicyclic) bond motifs is 1. The van der Waals surface area contributed by atoms with Gasteiger partial charge in [-0.1, -0.05) is 11.6 Å². The zero-order valence-electron chi connectivity index (χ0n) is 11.8. The molecule has 0 aromatic carbocycles. The lowest BCUT2D eigenvalue weighted by Crippen LogP contribution is -2.40. The van der Waals surface area contributed by atoms with Gasteiger partial charge in [-0.25, -0.2) is 9.78 Å². The molecule has 2 heterocycles. The third kappa shape index (κ3) is 2.24. The van der Waals surface area contributed by atoms with Crippen molar-refractivity contribution in [1.29, 1.82) is 0 Å². The number of allylic oxidation sites excluding steroid dienone is 2. The molecule has 20 heavy (non-hydrogen) atoms. The molecule has 0 fully saturated rings. The Kier molecular flexibility index (Phi) is 3.74. The Morgan fingerprint density at radius 1 is 1.40 bits per heavy atom. The van der Waals surface area contributed by atoms with Gasteiger partial charge in [0, 0.05) is 20.1 Å². The van der Waals surface area contributed by atoms with Crippen molar-refractivity contribution in [1.82, 2.24) is 18.7 Å². The third-order valence-electron chi connectivity index (χ3n) is 3.16. The van der Waals surface area contributed by atoms with Gasteiger partial charge >= 0.3 is 5.69 Å². The smallest absolute Gasteiger partial charge is 0.328 e. The molecule has 0 aliphatic heterocycles. The van der Waals surface area contributed by atoms with Crippen LogP contribution in [0.1, 0.15) is 13.3 Å². The first kappa shape index (κ1) is 14.0. The van der Waals surface area contributed by atoms with Gasteiger partial charge in [0.2, 0.25) is 0 Å². The van der Waals surface area contributed by atoms with Crippen molar-refractivity contribution < 1.29 is 0 Å². The lowest BCUT2D eigenvalue weighted by atomic mass is 10.2. The second-order valence-corrected chi connectivity index (χ2v) is 4.87. The summed E-state index contributed by atoms with van der Waals surface area (Å²) in [5.74, 6) is 0. The molecule has 0 unspecified atom stereocenters. The summed E-state index contributed by atoms with van der Waals surface area (Å²) in [6, 6.07) is 0. The first-order valence-corrected chi connectivity index (χ1v) is 6.37. The molecule has 106 valence electrons. The third-order valence-corrected chi connectivity index (χ3v) is 3.16. The molecule has 2 aromatic rings. The Balaban J connectivity index is 2.77. The summed E-state index contributed by atoms with van der Waals surface area (Å²) in [5.41, 5.74) is 1.12. The normalized spacial score (nSPS) is 10.9. The van der Waals surface area contributed by atoms with Gasteiger partial charge in [-0.3, -0.25) is 13.9 Å². The van der Waals surface area contributed by atoms with E-state index in [0.717, 1.165) is 5.57 Å². The average molecular weight is 274 g/mol. The fourth-order valence-corrected chi connectivity index (χ4v) is 2.11. The standard InChI is InChI=1S/C14H18N4O2/c1-5-7-18-13(19)11-12(15-9-16(11)4)17(14(18)20)8-6-10(2)3/h5,9H,1-2,6-8H2,3-4H3. The predicted octanol–water partition coefficient (Wildman–Crippen LogP) is 1.05. The highest BCUT2D eigenvalue weighted by atomic mass is 16.2. The summed E-state index contributed by atoms with van der Waals surface area (Å²) in [4.78, 5) is 28.9. The molecule has 0 N–H and O–H groups in total. The van der Waals surface area contributed by atoms with E-state index in [9.17, 15) is 9.59 Å². The first-order chi connectivity index (χ1) is 9.47. The molecule has 2 aromatic heterocycles. The van der Waals surface area contributed by atoms with Gasteiger partial charge < -0.3 is 4.57 Å². The molecule has 0 aliphatic rings. The lowest BCUT2D eigenvalue weighted by Gasteiger charge is -2.10. The fraction of sp³-hybridized carbons (Fsp3) is 0.357. The molecular formula is C14H18N4O2. The first-order valence-electron chi connectivity index (χ1n) is 6.37. The van der Waals surface area contributed by atoms with Crippen LogP contribution in [0, 0.1) is 0 Å². The highest BCUT2D eigenvalue weighted by Gasteiger charge is 2.15. The summed E-state index contributed by atoms with van der Waals surface area (Å²) in [6.45, 7) is 9.97. The lowest BCUT2D eigenvalue weighted by molar-refractivity contribution is 0.600. The van der Waals surface area contributed by atoms with Crippen LogP contribution < -0.4 is 11.2 Å². The molecule has 0 saturated heterocycles. The molecule has 0 saturated carbocycles. The Labute approximate surface area is 116 Å². The minimum Gasteiger partial charge on any atom is -0.328 e. The Bertz CT molecular complexity index is 792. The molecule has 0 radical (unpaired) electrons. The predicted molar refractivity (Wildman–Crippen MR) is 78.9 cm³/mol. The average Bonchev–Trinajstić information content (AvgIpc) is 2.76. The fourth-order valence-electron chi connectivity index (χ4n) is 2.11. The van der Waals surface area contributed by atoms with Crippen molar-refractivity contribution in [3.63, 3.8) is 0 Å². The van der Waals surface area contributed by atoms with Crippen LogP contribution in [0.25, 0.3) is 11.2 Å². The van der Waals surface area contributed by atoms with Crippen molar-refractivity contribution >= 4 is 11.2 Å². The Morgan fingerprint density at radius 3 is 2.70 bits per heavy atom. The van der Waals surface area contributed by atoms with E-state index in [0.29, 0.717) is 24.1 Å². The summed E-state index contributed by atoms with van der Waals surface area (Å²) < 4.78 is 4.33. The van der Waals surface area contributed by atoms with E-state index in [1.807, 2.05) is 6.92 Å². The maximum Gasteiger partial charge on any atom is 0.333 e. The Morgan fingerprint density at radius 2 is 2.10 bits per heavy atom. The number of hydrogen-bond donors (Lipinski definition) is 0. The van der Waals surface area contributed by atoms with E-state index in [2.05, 4.69) is 18.1 Å². The van der Waals surface area contributed by atoms with Crippen molar-refractivity contribution in [2.24, 2.45) is 7.05 Å². The quantitative estimate of drug-likeness (QED) is 0.766. The molecule has 2 rings (SSSR count). The van der Waals surface area contributed by atoms with E-state index in [4.69, 9.17) is 0 Å². The molecule has 0 amide bonds. The highest BCUT2D eigenvalue weighted by molar-refractivity contribution is 5.69. The zero-order valence-corrected chi connectivity index (χ0v) is 11.8. The number of aromatic nitrogens is 4. The van der Waals surface area contributed by atoms with Crippen LogP contribution in [-0.4, -0.2) is 18.7 Å². The minimum atomic E-state index is -0.359. The maximum absolute atomic E-state index is 12.4. The van der Waals surface area contributed by atoms with Crippen LogP contribution in [0.4, 0.5) is 0 Å². The number of hydrogen-bond acceptors (Lipinski definition) is 3. The van der Waals surface area contributed by atoms with Gasteiger partial charge in [-0.2, -0.15) is 0 Å². The van der Waals surface area contributed by atoms with E-state index in [-0.39, 0.29) is 17.8 Å². The minimum absolute atomic E-state index is 0.186. The largest absolute Gasteiger partial charge is 0.333 e. The monoisotopic (exact) mass is 274 g/mol. The van der Waals surface area contributed by atoms with E-state index in [1.165, 1.54) is 15.2 Å². The van der Waals surface area contributed by atoms with Crippen molar-refractivity contribution in [2.45, 2.75) is 26.4 Å². The molecular weight excluding hydrogens is 256 g/mol. The van der Waals surface area contributed by atoms with Crippen molar-refractivity contribution in [3.8, 4) is 0 Å². The molecule has 0 atom stereocenters.